The summed E-state index contributed by atoms with van der Waals surface area (Å²) >= 11 is 0. The zero-order chi connectivity index (χ0) is 7.56. The summed E-state index contributed by atoms with van der Waals surface area (Å²) in [7, 11) is 0. The molecule has 2 heteroatoms. The summed E-state index contributed by atoms with van der Waals surface area (Å²) in [6.45, 7) is 4.59. The van der Waals surface area contributed by atoms with Gasteiger partial charge in [-0.3, -0.25) is 0 Å². The van der Waals surface area contributed by atoms with Gasteiger partial charge in [0.25, 0.3) is 0 Å². The van der Waals surface area contributed by atoms with Crippen LogP contribution in [0, 0.1) is 5.92 Å². The lowest BCUT2D eigenvalue weighted by Gasteiger charge is -2.17. The number of aliphatic hydroxyl groups is 1. The molecule has 0 aromatic rings. The minimum Gasteiger partial charge on any atom is -0.390 e. The number of rotatable bonds is 4. The molecule has 0 spiro atoms. The van der Waals surface area contributed by atoms with E-state index in [-0.39, 0.29) is 12.2 Å². The molecule has 0 amide bonds. The summed E-state index contributed by atoms with van der Waals surface area (Å²) < 4.78 is 5.25. The summed E-state index contributed by atoms with van der Waals surface area (Å²) in [5.74, 6) is 0.529. The number of ether oxygens (including phenoxy) is 1. The van der Waals surface area contributed by atoms with Crippen LogP contribution in [-0.4, -0.2) is 23.9 Å². The van der Waals surface area contributed by atoms with E-state index in [0.717, 1.165) is 0 Å². The van der Waals surface area contributed by atoms with Gasteiger partial charge in [-0.1, -0.05) is 0 Å². The third-order valence-electron chi connectivity index (χ3n) is 2.02. The van der Waals surface area contributed by atoms with Crippen molar-refractivity contribution in [3.05, 3.63) is 0 Å². The van der Waals surface area contributed by atoms with Gasteiger partial charge >= 0.3 is 0 Å². The van der Waals surface area contributed by atoms with Crippen LogP contribution < -0.4 is 0 Å². The zero-order valence-electron chi connectivity index (χ0n) is 6.71. The minimum atomic E-state index is -0.222. The fourth-order valence-corrected chi connectivity index (χ4v) is 1.18. The second-order valence-electron chi connectivity index (χ2n) is 2.99. The number of hydrogen-bond donors (Lipinski definition) is 1. The molecule has 0 aromatic heterocycles. The molecule has 2 nitrogen and oxygen atoms in total. The predicted octanol–water partition coefficient (Wildman–Crippen LogP) is 1.18. The highest BCUT2D eigenvalue weighted by atomic mass is 16.5. The Hall–Kier alpha value is -0.0800. The van der Waals surface area contributed by atoms with Crippen LogP contribution in [0.15, 0.2) is 0 Å². The fourth-order valence-electron chi connectivity index (χ4n) is 1.18. The standard InChI is InChI=1S/C8H16O2/c1-3-10-6(2)8(9)7-4-5-7/h6-9H,3-5H2,1-2H3. The van der Waals surface area contributed by atoms with Crippen molar-refractivity contribution in [2.45, 2.75) is 38.9 Å². The average molecular weight is 144 g/mol. The number of aliphatic hydroxyl groups excluding tert-OH is 1. The summed E-state index contributed by atoms with van der Waals surface area (Å²) in [6.07, 6.45) is 2.16. The van der Waals surface area contributed by atoms with Gasteiger partial charge in [0.05, 0.1) is 12.2 Å². The molecule has 2 unspecified atom stereocenters. The van der Waals surface area contributed by atoms with Crippen LogP contribution in [0.4, 0.5) is 0 Å². The van der Waals surface area contributed by atoms with Crippen LogP contribution in [0.5, 0.6) is 0 Å². The molecule has 1 saturated carbocycles. The SMILES string of the molecule is CCOC(C)C(O)C1CC1. The lowest BCUT2D eigenvalue weighted by atomic mass is 10.1. The molecular formula is C8H16O2. The van der Waals surface area contributed by atoms with Gasteiger partial charge in [-0.05, 0) is 32.6 Å². The van der Waals surface area contributed by atoms with E-state index in [9.17, 15) is 5.11 Å². The maximum Gasteiger partial charge on any atom is 0.0827 e. The van der Waals surface area contributed by atoms with Crippen molar-refractivity contribution >= 4 is 0 Å². The van der Waals surface area contributed by atoms with Gasteiger partial charge in [-0.2, -0.15) is 0 Å². The largest absolute Gasteiger partial charge is 0.390 e. The van der Waals surface area contributed by atoms with Gasteiger partial charge in [-0.15, -0.1) is 0 Å². The Morgan fingerprint density at radius 1 is 1.60 bits per heavy atom. The van der Waals surface area contributed by atoms with Crippen LogP contribution in [0.2, 0.25) is 0 Å². The fraction of sp³-hybridized carbons (Fsp3) is 1.00. The minimum absolute atomic E-state index is 0.0255. The molecule has 0 aromatic carbocycles. The molecule has 0 aliphatic heterocycles. The highest BCUT2D eigenvalue weighted by molar-refractivity contribution is 4.84. The zero-order valence-corrected chi connectivity index (χ0v) is 6.71. The van der Waals surface area contributed by atoms with E-state index in [4.69, 9.17) is 4.74 Å². The molecule has 1 fully saturated rings. The highest BCUT2D eigenvalue weighted by Gasteiger charge is 2.33. The molecule has 2 atom stereocenters. The van der Waals surface area contributed by atoms with Crippen molar-refractivity contribution in [3.8, 4) is 0 Å². The van der Waals surface area contributed by atoms with Crippen LogP contribution >= 0.6 is 0 Å². The van der Waals surface area contributed by atoms with Crippen LogP contribution in [0.1, 0.15) is 26.7 Å². The Morgan fingerprint density at radius 3 is 2.60 bits per heavy atom. The second kappa shape index (κ2) is 3.35. The highest BCUT2D eigenvalue weighted by Crippen LogP contribution is 2.34. The van der Waals surface area contributed by atoms with E-state index in [0.29, 0.717) is 12.5 Å². The van der Waals surface area contributed by atoms with Crippen molar-refractivity contribution < 1.29 is 9.84 Å². The van der Waals surface area contributed by atoms with Crippen molar-refractivity contribution in [3.63, 3.8) is 0 Å². The summed E-state index contributed by atoms with van der Waals surface area (Å²) in [5, 5.41) is 9.46. The smallest absolute Gasteiger partial charge is 0.0827 e. The first-order valence-electron chi connectivity index (χ1n) is 4.05. The van der Waals surface area contributed by atoms with E-state index in [1.165, 1.54) is 12.8 Å². The summed E-state index contributed by atoms with van der Waals surface area (Å²) in [4.78, 5) is 0. The van der Waals surface area contributed by atoms with E-state index in [1.54, 1.807) is 0 Å². The molecule has 0 saturated heterocycles. The first-order chi connectivity index (χ1) is 4.75. The topological polar surface area (TPSA) is 29.5 Å². The summed E-state index contributed by atoms with van der Waals surface area (Å²) in [5.41, 5.74) is 0. The molecule has 0 heterocycles. The first-order valence-corrected chi connectivity index (χ1v) is 4.05. The molecule has 0 bridgehead atoms. The van der Waals surface area contributed by atoms with Crippen molar-refractivity contribution in [2.75, 3.05) is 6.61 Å². The van der Waals surface area contributed by atoms with Gasteiger partial charge in [0.1, 0.15) is 0 Å². The molecular weight excluding hydrogens is 128 g/mol. The van der Waals surface area contributed by atoms with Gasteiger partial charge in [0.2, 0.25) is 0 Å². The van der Waals surface area contributed by atoms with Crippen LogP contribution in [0.25, 0.3) is 0 Å². The summed E-state index contributed by atoms with van der Waals surface area (Å²) in [6, 6.07) is 0. The Morgan fingerprint density at radius 2 is 2.20 bits per heavy atom. The molecule has 60 valence electrons. The van der Waals surface area contributed by atoms with Crippen LogP contribution in [-0.2, 0) is 4.74 Å². The lowest BCUT2D eigenvalue weighted by molar-refractivity contribution is -0.0311. The molecule has 10 heavy (non-hydrogen) atoms. The molecule has 1 rings (SSSR count). The molecule has 1 aliphatic carbocycles. The average Bonchev–Trinajstić information content (AvgIpc) is 2.68. The normalized spacial score (nSPS) is 24.3. The van der Waals surface area contributed by atoms with Crippen molar-refractivity contribution in [2.24, 2.45) is 5.92 Å². The van der Waals surface area contributed by atoms with E-state index >= 15 is 0 Å². The third kappa shape index (κ3) is 1.96. The molecule has 1 aliphatic rings. The van der Waals surface area contributed by atoms with E-state index in [2.05, 4.69) is 0 Å². The first kappa shape index (κ1) is 8.02. The second-order valence-corrected chi connectivity index (χ2v) is 2.99. The molecule has 1 N–H and O–H groups in total. The Bertz CT molecular complexity index is 99.4. The predicted molar refractivity (Wildman–Crippen MR) is 39.8 cm³/mol. The maximum atomic E-state index is 9.46. The molecule has 0 radical (unpaired) electrons. The van der Waals surface area contributed by atoms with Gasteiger partial charge in [0.15, 0.2) is 0 Å². The van der Waals surface area contributed by atoms with Crippen LogP contribution in [0.3, 0.4) is 0 Å². The lowest BCUT2D eigenvalue weighted by Crippen LogP contribution is -2.27. The van der Waals surface area contributed by atoms with E-state index < -0.39 is 0 Å². The quantitative estimate of drug-likeness (QED) is 0.642. The van der Waals surface area contributed by atoms with Crippen molar-refractivity contribution in [1.29, 1.82) is 0 Å². The monoisotopic (exact) mass is 144 g/mol. The van der Waals surface area contributed by atoms with Gasteiger partial charge in [-0.25, -0.2) is 0 Å². The third-order valence-corrected chi connectivity index (χ3v) is 2.02. The van der Waals surface area contributed by atoms with Crippen molar-refractivity contribution in [1.82, 2.24) is 0 Å². The van der Waals surface area contributed by atoms with Gasteiger partial charge < -0.3 is 9.84 Å². The van der Waals surface area contributed by atoms with Gasteiger partial charge in [0, 0.05) is 6.61 Å². The Balaban J connectivity index is 2.17. The Labute approximate surface area is 62.2 Å². The van der Waals surface area contributed by atoms with E-state index in [1.807, 2.05) is 13.8 Å². The number of hydrogen-bond acceptors (Lipinski definition) is 2. The maximum absolute atomic E-state index is 9.46. The Kier molecular flexibility index (Phi) is 2.69.